The Bertz CT molecular complexity index is 856. The highest BCUT2D eigenvalue weighted by Gasteiger charge is 2.44. The van der Waals surface area contributed by atoms with Crippen LogP contribution >= 0.6 is 0 Å². The van der Waals surface area contributed by atoms with Crippen LogP contribution in [0.1, 0.15) is 36.8 Å². The first kappa shape index (κ1) is 18.7. The number of carbonyl (C=O) groups is 2. The van der Waals surface area contributed by atoms with Crippen molar-refractivity contribution in [2.45, 2.75) is 44.4 Å². The fourth-order valence-electron chi connectivity index (χ4n) is 4.14. The average Bonchev–Trinajstić information content (AvgIpc) is 3.28. The number of piperidine rings is 1. The second kappa shape index (κ2) is 7.39. The molecule has 1 N–H and O–H groups in total. The Balaban J connectivity index is 1.42. The van der Waals surface area contributed by atoms with Gasteiger partial charge in [-0.05, 0) is 25.3 Å². The van der Waals surface area contributed by atoms with Gasteiger partial charge in [0, 0.05) is 25.5 Å². The third-order valence-electron chi connectivity index (χ3n) is 5.85. The number of aryl methyl sites for hydroxylation is 1. The van der Waals surface area contributed by atoms with Crippen molar-refractivity contribution in [2.75, 3.05) is 13.1 Å². The van der Waals surface area contributed by atoms with Crippen molar-refractivity contribution < 1.29 is 19.4 Å². The number of imidazole rings is 1. The number of hydrogen-bond donors (Lipinski definition) is 1. The lowest BCUT2D eigenvalue weighted by Gasteiger charge is -2.39. The number of rotatable bonds is 4. The molecule has 2 atom stereocenters. The molecule has 2 aliphatic heterocycles. The van der Waals surface area contributed by atoms with E-state index in [4.69, 9.17) is 4.74 Å². The van der Waals surface area contributed by atoms with Gasteiger partial charge in [0.05, 0.1) is 24.5 Å². The molecule has 1 aromatic carbocycles. The molecule has 0 unspecified atom stereocenters. The summed E-state index contributed by atoms with van der Waals surface area (Å²) < 4.78 is 7.39. The van der Waals surface area contributed by atoms with Gasteiger partial charge in [0.25, 0.3) is 0 Å². The fourth-order valence-corrected chi connectivity index (χ4v) is 4.14. The van der Waals surface area contributed by atoms with Gasteiger partial charge in [0.1, 0.15) is 11.9 Å². The van der Waals surface area contributed by atoms with Crippen LogP contribution in [-0.4, -0.2) is 50.1 Å². The molecule has 2 aliphatic rings. The second-order valence-electron chi connectivity index (χ2n) is 7.78. The van der Waals surface area contributed by atoms with E-state index in [1.807, 2.05) is 48.0 Å². The summed E-state index contributed by atoms with van der Waals surface area (Å²) in [5.41, 5.74) is -0.0147. The number of aliphatic hydroxyl groups is 1. The summed E-state index contributed by atoms with van der Waals surface area (Å²) in [7, 11) is 0. The summed E-state index contributed by atoms with van der Waals surface area (Å²) >= 11 is 0. The van der Waals surface area contributed by atoms with Gasteiger partial charge in [-0.25, -0.2) is 4.98 Å². The number of benzene rings is 1. The van der Waals surface area contributed by atoms with E-state index in [2.05, 4.69) is 4.98 Å². The third-order valence-corrected chi connectivity index (χ3v) is 5.85. The summed E-state index contributed by atoms with van der Waals surface area (Å²) in [6.45, 7) is 3.31. The summed E-state index contributed by atoms with van der Waals surface area (Å²) in [5.74, 6) is -0.0481. The van der Waals surface area contributed by atoms with E-state index < -0.39 is 17.6 Å². The lowest BCUT2D eigenvalue weighted by Crippen LogP contribution is -2.50. The smallest absolute Gasteiger partial charge is 0.307 e. The molecule has 0 spiro atoms. The Labute approximate surface area is 163 Å². The molecule has 1 aromatic heterocycles. The monoisotopic (exact) mass is 383 g/mol. The first-order valence-corrected chi connectivity index (χ1v) is 9.68. The highest BCUT2D eigenvalue weighted by Crippen LogP contribution is 2.37. The minimum atomic E-state index is -0.858. The molecule has 2 aromatic rings. The Morgan fingerprint density at radius 3 is 2.64 bits per heavy atom. The Kier molecular flexibility index (Phi) is 4.93. The van der Waals surface area contributed by atoms with E-state index in [-0.39, 0.29) is 18.3 Å². The molecule has 4 rings (SSSR count). The van der Waals surface area contributed by atoms with Gasteiger partial charge in [-0.1, -0.05) is 30.3 Å². The van der Waals surface area contributed by atoms with Crippen molar-refractivity contribution >= 4 is 11.9 Å². The molecule has 148 valence electrons. The summed E-state index contributed by atoms with van der Waals surface area (Å²) in [6, 6.07) is 9.41. The van der Waals surface area contributed by atoms with Gasteiger partial charge < -0.3 is 19.3 Å². The molecule has 7 nitrogen and oxygen atoms in total. The molecule has 0 saturated carbocycles. The fraction of sp³-hybridized carbons (Fsp3) is 0.476. The SMILES string of the molecule is Cc1nccn1CC1(O)CCN(C(=O)[C@@H]2CC(=O)O[C@H]2c2ccccc2)CC1. The van der Waals surface area contributed by atoms with Gasteiger partial charge in [-0.15, -0.1) is 0 Å². The quantitative estimate of drug-likeness (QED) is 0.815. The number of carbonyl (C=O) groups excluding carboxylic acids is 2. The number of nitrogens with zero attached hydrogens (tertiary/aromatic N) is 3. The molecule has 2 fully saturated rings. The van der Waals surface area contributed by atoms with E-state index in [1.54, 1.807) is 11.1 Å². The maximum Gasteiger partial charge on any atom is 0.307 e. The lowest BCUT2D eigenvalue weighted by molar-refractivity contribution is -0.143. The van der Waals surface area contributed by atoms with Crippen LogP contribution in [-0.2, 0) is 20.9 Å². The zero-order chi connectivity index (χ0) is 19.7. The van der Waals surface area contributed by atoms with Crippen LogP contribution in [0.4, 0.5) is 0 Å². The van der Waals surface area contributed by atoms with Gasteiger partial charge in [0.2, 0.25) is 5.91 Å². The minimum Gasteiger partial charge on any atom is -0.457 e. The zero-order valence-electron chi connectivity index (χ0n) is 16.0. The molecule has 7 heteroatoms. The highest BCUT2D eigenvalue weighted by molar-refractivity contribution is 5.87. The van der Waals surface area contributed by atoms with Crippen LogP contribution in [0, 0.1) is 12.8 Å². The minimum absolute atomic E-state index is 0.0689. The van der Waals surface area contributed by atoms with Gasteiger partial charge >= 0.3 is 5.97 Å². The van der Waals surface area contributed by atoms with E-state index in [0.717, 1.165) is 11.4 Å². The Morgan fingerprint density at radius 1 is 1.29 bits per heavy atom. The topological polar surface area (TPSA) is 84.7 Å². The molecule has 0 radical (unpaired) electrons. The van der Waals surface area contributed by atoms with Crippen molar-refractivity contribution in [3.8, 4) is 0 Å². The number of cyclic esters (lactones) is 1. The van der Waals surface area contributed by atoms with Gasteiger partial charge in [0.15, 0.2) is 0 Å². The predicted molar refractivity (Wildman–Crippen MR) is 101 cm³/mol. The van der Waals surface area contributed by atoms with E-state index in [9.17, 15) is 14.7 Å². The third kappa shape index (κ3) is 3.67. The predicted octanol–water partition coefficient (Wildman–Crippen LogP) is 1.85. The van der Waals surface area contributed by atoms with Crippen LogP contribution in [0.25, 0.3) is 0 Å². The number of amides is 1. The molecule has 3 heterocycles. The van der Waals surface area contributed by atoms with Crippen LogP contribution < -0.4 is 0 Å². The number of ether oxygens (including phenoxy) is 1. The Hall–Kier alpha value is -2.67. The van der Waals surface area contributed by atoms with E-state index in [0.29, 0.717) is 32.5 Å². The van der Waals surface area contributed by atoms with Crippen molar-refractivity contribution in [1.29, 1.82) is 0 Å². The number of likely N-dealkylation sites (tertiary alicyclic amines) is 1. The van der Waals surface area contributed by atoms with Crippen molar-refractivity contribution in [1.82, 2.24) is 14.5 Å². The first-order chi connectivity index (χ1) is 13.5. The molecule has 0 aliphatic carbocycles. The number of aromatic nitrogens is 2. The van der Waals surface area contributed by atoms with E-state index >= 15 is 0 Å². The molecule has 0 bridgehead atoms. The molecule has 1 amide bonds. The standard InChI is InChI=1S/C21H25N3O4/c1-15-22-9-12-24(15)14-21(27)7-10-23(11-8-21)20(26)17-13-18(25)28-19(17)16-5-3-2-4-6-16/h2-6,9,12,17,19,27H,7-8,10-11,13-14H2,1H3/t17-,19+/m1/s1. The van der Waals surface area contributed by atoms with Crippen LogP contribution in [0.5, 0.6) is 0 Å². The second-order valence-corrected chi connectivity index (χ2v) is 7.78. The maximum atomic E-state index is 13.1. The zero-order valence-corrected chi connectivity index (χ0v) is 16.0. The molecule has 2 saturated heterocycles. The summed E-state index contributed by atoms with van der Waals surface area (Å²) in [5, 5.41) is 10.9. The highest BCUT2D eigenvalue weighted by atomic mass is 16.6. The van der Waals surface area contributed by atoms with Gasteiger partial charge in [-0.2, -0.15) is 0 Å². The lowest BCUT2D eigenvalue weighted by atomic mass is 9.88. The normalized spacial score (nSPS) is 24.2. The molecular formula is C21H25N3O4. The Morgan fingerprint density at radius 2 is 2.00 bits per heavy atom. The summed E-state index contributed by atoms with van der Waals surface area (Å²) in [6.07, 6.45) is 4.14. The summed E-state index contributed by atoms with van der Waals surface area (Å²) in [4.78, 5) is 31.0. The van der Waals surface area contributed by atoms with Crippen molar-refractivity contribution in [3.05, 3.63) is 54.1 Å². The molecular weight excluding hydrogens is 358 g/mol. The number of hydrogen-bond acceptors (Lipinski definition) is 5. The van der Waals surface area contributed by atoms with Crippen molar-refractivity contribution in [3.63, 3.8) is 0 Å². The average molecular weight is 383 g/mol. The number of esters is 1. The maximum absolute atomic E-state index is 13.1. The van der Waals surface area contributed by atoms with Crippen LogP contribution in [0.15, 0.2) is 42.7 Å². The van der Waals surface area contributed by atoms with E-state index in [1.165, 1.54) is 0 Å². The molecule has 28 heavy (non-hydrogen) atoms. The van der Waals surface area contributed by atoms with Crippen molar-refractivity contribution in [2.24, 2.45) is 5.92 Å². The van der Waals surface area contributed by atoms with Gasteiger partial charge in [-0.3, -0.25) is 9.59 Å². The first-order valence-electron chi connectivity index (χ1n) is 9.68. The van der Waals surface area contributed by atoms with Crippen LogP contribution in [0.3, 0.4) is 0 Å². The van der Waals surface area contributed by atoms with Crippen LogP contribution in [0.2, 0.25) is 0 Å². The largest absolute Gasteiger partial charge is 0.457 e.